The minimum atomic E-state index is -1.16. The third kappa shape index (κ3) is 21.9. The summed E-state index contributed by atoms with van der Waals surface area (Å²) in [5.41, 5.74) is 10.3. The molecule has 0 aromatic rings. The van der Waals surface area contributed by atoms with Gasteiger partial charge in [-0.05, 0) is 36.9 Å². The molecule has 0 rings (SSSR count). The van der Waals surface area contributed by atoms with Gasteiger partial charge in [0.25, 0.3) is 0 Å². The van der Waals surface area contributed by atoms with Crippen molar-refractivity contribution in [3.8, 4) is 0 Å². The Morgan fingerprint density at radius 2 is 1.15 bits per heavy atom. The first-order valence-electron chi connectivity index (χ1n) is 5.27. The van der Waals surface area contributed by atoms with Crippen LogP contribution in [0.1, 0.15) is 12.8 Å². The van der Waals surface area contributed by atoms with Gasteiger partial charge >= 0.3 is 59.1 Å². The van der Waals surface area contributed by atoms with E-state index in [0.29, 0.717) is 12.8 Å². The van der Waals surface area contributed by atoms with Crippen molar-refractivity contribution in [2.24, 2.45) is 11.5 Å². The topological polar surface area (TPSA) is 132 Å². The first-order valence-corrected chi connectivity index (χ1v) is 8.06. The van der Waals surface area contributed by atoms with Crippen molar-refractivity contribution in [3.05, 3.63) is 0 Å². The van der Waals surface area contributed by atoms with Gasteiger partial charge in [-0.1, -0.05) is 0 Å². The molecule has 0 aliphatic carbocycles. The predicted octanol–water partition coefficient (Wildman–Crippen LogP) is -8.36. The molecular formula is C10H20N2Na2O4S2. The number of carbonyl (C=O) groups is 2. The molecule has 0 spiro atoms. The fourth-order valence-corrected chi connectivity index (χ4v) is 1.70. The Bertz CT molecular complexity index is 227. The summed E-state index contributed by atoms with van der Waals surface area (Å²) in [5, 5.41) is 19.9. The van der Waals surface area contributed by atoms with E-state index < -0.39 is 24.0 Å². The molecule has 0 aromatic heterocycles. The molecule has 0 unspecified atom stereocenters. The van der Waals surface area contributed by atoms with Crippen LogP contribution in [0.5, 0.6) is 0 Å². The molecule has 0 aliphatic rings. The second kappa shape index (κ2) is 20.6. The molecule has 0 saturated heterocycles. The molecule has 0 amide bonds. The van der Waals surface area contributed by atoms with Crippen molar-refractivity contribution in [1.82, 2.24) is 0 Å². The average Bonchev–Trinajstić information content (AvgIpc) is 2.33. The van der Waals surface area contributed by atoms with E-state index in [4.69, 9.17) is 11.5 Å². The van der Waals surface area contributed by atoms with Gasteiger partial charge in [0, 0.05) is 12.1 Å². The van der Waals surface area contributed by atoms with Gasteiger partial charge in [0.15, 0.2) is 0 Å². The van der Waals surface area contributed by atoms with E-state index in [1.54, 1.807) is 23.5 Å². The molecule has 0 radical (unpaired) electrons. The van der Waals surface area contributed by atoms with Gasteiger partial charge in [0.05, 0.1) is 11.9 Å². The van der Waals surface area contributed by atoms with E-state index >= 15 is 0 Å². The van der Waals surface area contributed by atoms with Crippen LogP contribution in [0.15, 0.2) is 0 Å². The summed E-state index contributed by atoms with van der Waals surface area (Å²) in [6.45, 7) is 0. The van der Waals surface area contributed by atoms with Crippen molar-refractivity contribution < 1.29 is 78.9 Å². The summed E-state index contributed by atoms with van der Waals surface area (Å²) >= 11 is 3.15. The first-order chi connectivity index (χ1) is 8.36. The van der Waals surface area contributed by atoms with E-state index in [1.165, 1.54) is 0 Å². The molecule has 0 fully saturated rings. The van der Waals surface area contributed by atoms with Crippen LogP contribution in [0.3, 0.4) is 0 Å². The molecule has 0 heterocycles. The number of carbonyl (C=O) groups excluding carboxylic acids is 2. The third-order valence-corrected chi connectivity index (χ3v) is 3.16. The Morgan fingerprint density at radius 1 is 0.900 bits per heavy atom. The zero-order chi connectivity index (χ0) is 14.6. The summed E-state index contributed by atoms with van der Waals surface area (Å²) in [5.74, 6) is -0.780. The van der Waals surface area contributed by atoms with Crippen LogP contribution in [0.2, 0.25) is 0 Å². The van der Waals surface area contributed by atoms with E-state index in [-0.39, 0.29) is 59.1 Å². The van der Waals surface area contributed by atoms with Crippen LogP contribution in [0, 0.1) is 0 Å². The molecule has 0 aliphatic heterocycles. The SMILES string of the molecule is CSCC[C@H](N)C(=O)[O-].CSCC[C@H](N)C(=O)[O-].[Na+].[Na+]. The standard InChI is InChI=1S/2C5H11NO2S.2Na/c2*1-9-3-2-4(6)5(7)8;;/h2*4H,2-3,6H2,1H3,(H,7,8);;/q;;2*+1/p-2/t2*4-;;/m00../s1. The maximum Gasteiger partial charge on any atom is 1.00 e. The van der Waals surface area contributed by atoms with Gasteiger partial charge < -0.3 is 31.3 Å². The molecule has 0 saturated carbocycles. The smallest absolute Gasteiger partial charge is 0.548 e. The molecule has 0 aromatic carbocycles. The Labute approximate surface area is 173 Å². The van der Waals surface area contributed by atoms with Crippen LogP contribution in [0.4, 0.5) is 0 Å². The Balaban J connectivity index is -0.000000116. The molecule has 4 N–H and O–H groups in total. The molecule has 2 atom stereocenters. The van der Waals surface area contributed by atoms with Gasteiger partial charge in [0.2, 0.25) is 0 Å². The van der Waals surface area contributed by atoms with Crippen molar-refractivity contribution >= 4 is 35.5 Å². The number of rotatable bonds is 8. The van der Waals surface area contributed by atoms with Crippen LogP contribution in [-0.4, -0.2) is 48.0 Å². The third-order valence-electron chi connectivity index (χ3n) is 1.87. The maximum atomic E-state index is 9.96. The summed E-state index contributed by atoms with van der Waals surface area (Å²) in [7, 11) is 0. The van der Waals surface area contributed by atoms with Crippen LogP contribution >= 0.6 is 23.5 Å². The average molecular weight is 342 g/mol. The summed E-state index contributed by atoms with van der Waals surface area (Å²) < 4.78 is 0. The molecule has 0 bridgehead atoms. The molecule has 10 heteroatoms. The van der Waals surface area contributed by atoms with Crippen molar-refractivity contribution in [2.45, 2.75) is 24.9 Å². The Kier molecular flexibility index (Phi) is 30.4. The molecule has 6 nitrogen and oxygen atoms in total. The number of carboxylic acid groups (broad SMARTS) is 2. The molecule has 20 heavy (non-hydrogen) atoms. The quantitative estimate of drug-likeness (QED) is 0.416. The number of hydrogen-bond acceptors (Lipinski definition) is 8. The normalized spacial score (nSPS) is 11.8. The van der Waals surface area contributed by atoms with Crippen molar-refractivity contribution in [1.29, 1.82) is 0 Å². The number of aliphatic carboxylic acids is 2. The number of nitrogens with two attached hydrogens (primary N) is 2. The molecular weight excluding hydrogens is 322 g/mol. The second-order valence-electron chi connectivity index (χ2n) is 3.41. The van der Waals surface area contributed by atoms with Crippen LogP contribution < -0.4 is 80.8 Å². The van der Waals surface area contributed by atoms with Crippen LogP contribution in [0.25, 0.3) is 0 Å². The fourth-order valence-electron chi connectivity index (χ4n) is 0.725. The van der Waals surface area contributed by atoms with E-state index in [2.05, 4.69) is 0 Å². The maximum absolute atomic E-state index is 9.96. The van der Waals surface area contributed by atoms with E-state index in [1.807, 2.05) is 12.5 Å². The van der Waals surface area contributed by atoms with Gasteiger partial charge in [0.1, 0.15) is 0 Å². The van der Waals surface area contributed by atoms with Gasteiger partial charge in [-0.2, -0.15) is 23.5 Å². The van der Waals surface area contributed by atoms with Gasteiger partial charge in [-0.3, -0.25) is 0 Å². The molecule has 108 valence electrons. The van der Waals surface area contributed by atoms with Crippen molar-refractivity contribution in [2.75, 3.05) is 24.0 Å². The minimum absolute atomic E-state index is 0. The van der Waals surface area contributed by atoms with Crippen LogP contribution in [-0.2, 0) is 9.59 Å². The zero-order valence-electron chi connectivity index (χ0n) is 12.6. The van der Waals surface area contributed by atoms with Gasteiger partial charge in [-0.15, -0.1) is 0 Å². The van der Waals surface area contributed by atoms with E-state index in [9.17, 15) is 19.8 Å². The summed E-state index contributed by atoms with van der Waals surface area (Å²) in [6.07, 6.45) is 4.79. The number of hydrogen-bond donors (Lipinski definition) is 2. The second-order valence-corrected chi connectivity index (χ2v) is 5.39. The summed E-state index contributed by atoms with van der Waals surface area (Å²) in [6, 6.07) is -1.59. The Hall–Kier alpha value is 1.56. The minimum Gasteiger partial charge on any atom is -0.548 e. The largest absolute Gasteiger partial charge is 1.00 e. The van der Waals surface area contributed by atoms with Gasteiger partial charge in [-0.25, -0.2) is 0 Å². The first kappa shape index (κ1) is 29.6. The number of carboxylic acids is 2. The van der Waals surface area contributed by atoms with Crippen molar-refractivity contribution in [3.63, 3.8) is 0 Å². The number of thioether (sulfide) groups is 2. The predicted molar refractivity (Wildman–Crippen MR) is 72.0 cm³/mol. The Morgan fingerprint density at radius 3 is 1.30 bits per heavy atom. The zero-order valence-corrected chi connectivity index (χ0v) is 18.2. The summed E-state index contributed by atoms with van der Waals surface area (Å²) in [4.78, 5) is 19.9. The fraction of sp³-hybridized carbons (Fsp3) is 0.800. The van der Waals surface area contributed by atoms with E-state index in [0.717, 1.165) is 11.5 Å². The monoisotopic (exact) mass is 342 g/mol.